The smallest absolute Gasteiger partial charge is 0.377 e. The molecule has 0 spiro atoms. The maximum absolute atomic E-state index is 5.36. The Hall–Kier alpha value is -0.423. The normalized spacial score (nSPS) is 15.8. The lowest BCUT2D eigenvalue weighted by molar-refractivity contribution is 0.123. The molecule has 0 amide bonds. The third-order valence-corrected chi connectivity index (χ3v) is 5.59. The largest absolute Gasteiger partial charge is 0.500 e. The first kappa shape index (κ1) is 12.6. The number of hydrogen-bond acceptors (Lipinski definition) is 3. The fourth-order valence-corrected chi connectivity index (χ4v) is 3.49. The Morgan fingerprint density at radius 1 is 1.20 bits per heavy atom. The lowest BCUT2D eigenvalue weighted by atomic mass is 10.1. The number of rotatable bonds is 7. The van der Waals surface area contributed by atoms with Crippen molar-refractivity contribution in [3.05, 3.63) is 23.8 Å². The molecule has 0 saturated heterocycles. The van der Waals surface area contributed by atoms with Gasteiger partial charge in [0.1, 0.15) is 0 Å². The summed E-state index contributed by atoms with van der Waals surface area (Å²) in [6, 6.07) is 0.883. The van der Waals surface area contributed by atoms with Gasteiger partial charge >= 0.3 is 8.80 Å². The van der Waals surface area contributed by atoms with Crippen LogP contribution in [0, 0.1) is 0 Å². The van der Waals surface area contributed by atoms with E-state index >= 15 is 0 Å². The van der Waals surface area contributed by atoms with Crippen LogP contribution in [0.3, 0.4) is 0 Å². The highest BCUT2D eigenvalue weighted by Gasteiger charge is 2.36. The summed E-state index contributed by atoms with van der Waals surface area (Å²) < 4.78 is 16.1. The quantitative estimate of drug-likeness (QED) is 0.627. The van der Waals surface area contributed by atoms with Gasteiger partial charge in [0, 0.05) is 27.4 Å². The molecule has 0 bridgehead atoms. The molecule has 15 heavy (non-hydrogen) atoms. The standard InChI is InChI=1S/C11H20O3Si/c1-12-15(13-2,14-3)10-6-9-11-7-4-5-8-11/h4-5,7H,6,8-10H2,1-3H3. The molecule has 0 unspecified atom stereocenters. The molecule has 0 aromatic rings. The molecule has 3 nitrogen and oxygen atoms in total. The van der Waals surface area contributed by atoms with Gasteiger partial charge in [-0.15, -0.1) is 0 Å². The SMILES string of the molecule is CO[Si](CCCC1=CC=CC1)(OC)OC. The van der Waals surface area contributed by atoms with Crippen LogP contribution in [0.1, 0.15) is 19.3 Å². The van der Waals surface area contributed by atoms with Crippen molar-refractivity contribution in [1.29, 1.82) is 0 Å². The van der Waals surface area contributed by atoms with Gasteiger partial charge < -0.3 is 13.3 Å². The summed E-state index contributed by atoms with van der Waals surface area (Å²) in [5.41, 5.74) is 1.49. The Morgan fingerprint density at radius 2 is 1.87 bits per heavy atom. The van der Waals surface area contributed by atoms with Crippen LogP contribution in [0.25, 0.3) is 0 Å². The fourth-order valence-electron chi connectivity index (χ4n) is 1.77. The highest BCUT2D eigenvalue weighted by atomic mass is 28.4. The summed E-state index contributed by atoms with van der Waals surface area (Å²) in [5, 5.41) is 0. The molecule has 0 aromatic carbocycles. The molecule has 1 rings (SSSR count). The van der Waals surface area contributed by atoms with Gasteiger partial charge in [0.15, 0.2) is 0 Å². The fraction of sp³-hybridized carbons (Fsp3) is 0.636. The van der Waals surface area contributed by atoms with E-state index in [1.165, 1.54) is 5.57 Å². The Labute approximate surface area is 93.1 Å². The first-order chi connectivity index (χ1) is 7.26. The van der Waals surface area contributed by atoms with Gasteiger partial charge in [-0.25, -0.2) is 0 Å². The van der Waals surface area contributed by atoms with Crippen molar-refractivity contribution in [2.45, 2.75) is 25.3 Å². The van der Waals surface area contributed by atoms with Gasteiger partial charge in [0.25, 0.3) is 0 Å². The Morgan fingerprint density at radius 3 is 2.33 bits per heavy atom. The monoisotopic (exact) mass is 228 g/mol. The highest BCUT2D eigenvalue weighted by Crippen LogP contribution is 2.22. The van der Waals surface area contributed by atoms with Crippen LogP contribution in [0.5, 0.6) is 0 Å². The van der Waals surface area contributed by atoms with Gasteiger partial charge in [0.2, 0.25) is 0 Å². The molecule has 1 aliphatic carbocycles. The van der Waals surface area contributed by atoms with Crippen LogP contribution in [0.2, 0.25) is 6.04 Å². The average molecular weight is 228 g/mol. The van der Waals surface area contributed by atoms with E-state index in [1.54, 1.807) is 21.3 Å². The van der Waals surface area contributed by atoms with Crippen LogP contribution in [0.4, 0.5) is 0 Å². The predicted octanol–water partition coefficient (Wildman–Crippen LogP) is 2.53. The van der Waals surface area contributed by atoms with E-state index in [-0.39, 0.29) is 0 Å². The second-order valence-electron chi connectivity index (χ2n) is 3.61. The Bertz CT molecular complexity index is 236. The molecular weight excluding hydrogens is 208 g/mol. The first-order valence-electron chi connectivity index (χ1n) is 5.26. The summed E-state index contributed by atoms with van der Waals surface area (Å²) in [6.45, 7) is 0. The van der Waals surface area contributed by atoms with Crippen molar-refractivity contribution in [2.75, 3.05) is 21.3 Å². The minimum Gasteiger partial charge on any atom is -0.377 e. The zero-order valence-electron chi connectivity index (χ0n) is 9.79. The molecule has 86 valence electrons. The molecule has 0 fully saturated rings. The van der Waals surface area contributed by atoms with Gasteiger partial charge in [-0.05, 0) is 19.3 Å². The van der Waals surface area contributed by atoms with E-state index in [0.29, 0.717) is 0 Å². The topological polar surface area (TPSA) is 27.7 Å². The maximum Gasteiger partial charge on any atom is 0.500 e. The summed E-state index contributed by atoms with van der Waals surface area (Å²) >= 11 is 0. The maximum atomic E-state index is 5.36. The lowest BCUT2D eigenvalue weighted by Crippen LogP contribution is -2.42. The van der Waals surface area contributed by atoms with Crippen LogP contribution in [-0.4, -0.2) is 30.1 Å². The van der Waals surface area contributed by atoms with Crippen molar-refractivity contribution < 1.29 is 13.3 Å². The molecule has 0 N–H and O–H groups in total. The van der Waals surface area contributed by atoms with E-state index < -0.39 is 8.80 Å². The zero-order valence-corrected chi connectivity index (χ0v) is 10.8. The van der Waals surface area contributed by atoms with Crippen LogP contribution >= 0.6 is 0 Å². The summed E-state index contributed by atoms with van der Waals surface area (Å²) in [7, 11) is 2.65. The Kier molecular flexibility index (Phi) is 5.25. The van der Waals surface area contributed by atoms with Crippen molar-refractivity contribution in [2.24, 2.45) is 0 Å². The van der Waals surface area contributed by atoms with Crippen molar-refractivity contribution in [3.63, 3.8) is 0 Å². The van der Waals surface area contributed by atoms with E-state index in [0.717, 1.165) is 25.3 Å². The van der Waals surface area contributed by atoms with Gasteiger partial charge in [-0.1, -0.05) is 23.8 Å². The van der Waals surface area contributed by atoms with Gasteiger partial charge in [0.05, 0.1) is 0 Å². The van der Waals surface area contributed by atoms with Gasteiger partial charge in [-0.2, -0.15) is 0 Å². The summed E-state index contributed by atoms with van der Waals surface area (Å²) in [5.74, 6) is 0. The molecular formula is C11H20O3Si. The average Bonchev–Trinajstić information content (AvgIpc) is 2.78. The predicted molar refractivity (Wildman–Crippen MR) is 62.7 cm³/mol. The third kappa shape index (κ3) is 3.57. The molecule has 0 aromatic heterocycles. The summed E-state index contributed by atoms with van der Waals surface area (Å²) in [4.78, 5) is 0. The number of allylic oxidation sites excluding steroid dienone is 4. The second kappa shape index (κ2) is 6.22. The molecule has 4 heteroatoms. The number of hydrogen-bond donors (Lipinski definition) is 0. The Balaban J connectivity index is 2.27. The molecule has 0 heterocycles. The molecule has 0 radical (unpaired) electrons. The molecule has 0 atom stereocenters. The summed E-state index contributed by atoms with van der Waals surface area (Å²) in [6.07, 6.45) is 9.76. The van der Waals surface area contributed by atoms with Crippen LogP contribution < -0.4 is 0 Å². The van der Waals surface area contributed by atoms with E-state index in [4.69, 9.17) is 13.3 Å². The van der Waals surface area contributed by atoms with Crippen molar-refractivity contribution >= 4 is 8.80 Å². The van der Waals surface area contributed by atoms with E-state index in [1.807, 2.05) is 0 Å². The van der Waals surface area contributed by atoms with Crippen LogP contribution in [-0.2, 0) is 13.3 Å². The molecule has 0 aliphatic heterocycles. The van der Waals surface area contributed by atoms with E-state index in [2.05, 4.69) is 18.2 Å². The zero-order chi connectivity index (χ0) is 11.1. The minimum atomic E-state index is -2.34. The first-order valence-corrected chi connectivity index (χ1v) is 7.19. The highest BCUT2D eigenvalue weighted by molar-refractivity contribution is 6.60. The van der Waals surface area contributed by atoms with Crippen molar-refractivity contribution in [3.8, 4) is 0 Å². The third-order valence-electron chi connectivity index (χ3n) is 2.76. The second-order valence-corrected chi connectivity index (χ2v) is 6.70. The lowest BCUT2D eigenvalue weighted by Gasteiger charge is -2.24. The minimum absolute atomic E-state index is 0.883. The van der Waals surface area contributed by atoms with Crippen LogP contribution in [0.15, 0.2) is 23.8 Å². The molecule has 1 aliphatic rings. The van der Waals surface area contributed by atoms with E-state index in [9.17, 15) is 0 Å². The van der Waals surface area contributed by atoms with Gasteiger partial charge in [-0.3, -0.25) is 0 Å². The molecule has 0 saturated carbocycles. The van der Waals surface area contributed by atoms with Crippen molar-refractivity contribution in [1.82, 2.24) is 0 Å².